The molecule has 2 aromatic heterocycles. The summed E-state index contributed by atoms with van der Waals surface area (Å²) in [4.78, 5) is 33.3. The number of imidazole rings is 1. The lowest BCUT2D eigenvalue weighted by Crippen LogP contribution is -2.22. The fraction of sp³-hybridized carbons (Fsp3) is 0.188. The summed E-state index contributed by atoms with van der Waals surface area (Å²) < 4.78 is 13.6. The molecule has 3 aromatic carbocycles. The summed E-state index contributed by atoms with van der Waals surface area (Å²) in [6.45, 7) is 5.97. The van der Waals surface area contributed by atoms with Gasteiger partial charge in [-0.25, -0.2) is 14.6 Å². The number of anilines is 3. The molecule has 0 radical (unpaired) electrons. The first kappa shape index (κ1) is 28.9. The minimum atomic E-state index is -1.24. The Bertz CT molecular complexity index is 1830. The van der Waals surface area contributed by atoms with Gasteiger partial charge in [-0.3, -0.25) is 10.3 Å². The standard InChI is InChI=1S/C32H32N6O5/c1-32(2,3)19-14-25(29(42-5)26(15-19)37-31(40)41)36-30(39)35-23-10-11-28(22-9-7-6-8-21(22)23)43-20-12-13-34-24(16-20)27-17-33-18-38(27)4/h6-18,37H,1-5H3,(H,40,41)(H2,35,36,39). The Morgan fingerprint density at radius 2 is 1.60 bits per heavy atom. The minimum absolute atomic E-state index is 0.196. The topological polar surface area (TPSA) is 140 Å². The molecule has 2 heterocycles. The predicted octanol–water partition coefficient (Wildman–Crippen LogP) is 7.47. The number of pyridine rings is 1. The molecule has 220 valence electrons. The van der Waals surface area contributed by atoms with E-state index in [1.165, 1.54) is 7.11 Å². The second-order valence-electron chi connectivity index (χ2n) is 10.9. The third-order valence-corrected chi connectivity index (χ3v) is 6.82. The number of ether oxygens (including phenoxy) is 2. The number of urea groups is 1. The van der Waals surface area contributed by atoms with E-state index in [4.69, 9.17) is 9.47 Å². The van der Waals surface area contributed by atoms with E-state index in [-0.39, 0.29) is 16.9 Å². The fourth-order valence-corrected chi connectivity index (χ4v) is 4.67. The first-order valence-electron chi connectivity index (χ1n) is 13.5. The van der Waals surface area contributed by atoms with Crippen LogP contribution < -0.4 is 25.4 Å². The average molecular weight is 581 g/mol. The van der Waals surface area contributed by atoms with Gasteiger partial charge in [0, 0.05) is 30.1 Å². The van der Waals surface area contributed by atoms with Crippen molar-refractivity contribution in [3.8, 4) is 28.6 Å². The van der Waals surface area contributed by atoms with Crippen LogP contribution in [0.5, 0.6) is 17.2 Å². The highest BCUT2D eigenvalue weighted by molar-refractivity contribution is 6.08. The highest BCUT2D eigenvalue weighted by Gasteiger charge is 2.22. The third kappa shape index (κ3) is 6.35. The molecule has 43 heavy (non-hydrogen) atoms. The maximum absolute atomic E-state index is 13.3. The first-order chi connectivity index (χ1) is 20.5. The second-order valence-corrected chi connectivity index (χ2v) is 10.9. The molecular formula is C32H32N6O5. The van der Waals surface area contributed by atoms with Gasteiger partial charge < -0.3 is 29.8 Å². The van der Waals surface area contributed by atoms with Crippen LogP contribution in [0, 0.1) is 0 Å². The lowest BCUT2D eigenvalue weighted by Gasteiger charge is -2.23. The summed E-state index contributed by atoms with van der Waals surface area (Å²) in [7, 11) is 3.31. The molecule has 0 saturated heterocycles. The molecule has 0 aliphatic rings. The van der Waals surface area contributed by atoms with Gasteiger partial charge in [0.2, 0.25) is 0 Å². The van der Waals surface area contributed by atoms with Gasteiger partial charge in [0.05, 0.1) is 48.1 Å². The number of hydrogen-bond acceptors (Lipinski definition) is 6. The molecule has 0 unspecified atom stereocenters. The molecule has 11 heteroatoms. The number of carboxylic acid groups (broad SMARTS) is 1. The number of hydrogen-bond donors (Lipinski definition) is 4. The summed E-state index contributed by atoms with van der Waals surface area (Å²) in [5.41, 5.74) is 3.17. The summed E-state index contributed by atoms with van der Waals surface area (Å²) in [6, 6.07) is 17.7. The Morgan fingerprint density at radius 3 is 2.26 bits per heavy atom. The normalized spacial score (nSPS) is 11.2. The van der Waals surface area contributed by atoms with Crippen LogP contribution in [0.15, 0.2) is 79.4 Å². The number of methoxy groups -OCH3 is 1. The quantitative estimate of drug-likeness (QED) is 0.157. The number of nitrogens with zero attached hydrogens (tertiary/aromatic N) is 3. The van der Waals surface area contributed by atoms with Gasteiger partial charge in [0.15, 0.2) is 5.75 Å². The minimum Gasteiger partial charge on any atom is -0.492 e. The van der Waals surface area contributed by atoms with Crippen molar-refractivity contribution in [3.63, 3.8) is 0 Å². The van der Waals surface area contributed by atoms with Crippen LogP contribution in [-0.2, 0) is 12.5 Å². The molecule has 0 saturated carbocycles. The number of benzene rings is 3. The third-order valence-electron chi connectivity index (χ3n) is 6.82. The largest absolute Gasteiger partial charge is 0.492 e. The van der Waals surface area contributed by atoms with E-state index in [2.05, 4.69) is 25.9 Å². The lowest BCUT2D eigenvalue weighted by molar-refractivity contribution is 0.209. The highest BCUT2D eigenvalue weighted by atomic mass is 16.5. The lowest BCUT2D eigenvalue weighted by atomic mass is 9.86. The van der Waals surface area contributed by atoms with Crippen LogP contribution in [0.25, 0.3) is 22.2 Å². The van der Waals surface area contributed by atoms with Crippen molar-refractivity contribution in [3.05, 3.63) is 84.9 Å². The monoisotopic (exact) mass is 580 g/mol. The van der Waals surface area contributed by atoms with Crippen molar-refractivity contribution in [2.75, 3.05) is 23.1 Å². The highest BCUT2D eigenvalue weighted by Crippen LogP contribution is 2.39. The van der Waals surface area contributed by atoms with Gasteiger partial charge in [0.25, 0.3) is 0 Å². The Hall–Kier alpha value is -5.58. The number of amides is 3. The Labute approximate surface area is 248 Å². The Kier molecular flexibility index (Phi) is 7.89. The number of rotatable bonds is 7. The summed E-state index contributed by atoms with van der Waals surface area (Å²) in [6.07, 6.45) is 3.89. The summed E-state index contributed by atoms with van der Waals surface area (Å²) >= 11 is 0. The van der Waals surface area contributed by atoms with E-state index in [0.29, 0.717) is 22.9 Å². The zero-order valence-corrected chi connectivity index (χ0v) is 24.4. The first-order valence-corrected chi connectivity index (χ1v) is 13.5. The van der Waals surface area contributed by atoms with Crippen LogP contribution in [0.3, 0.4) is 0 Å². The van der Waals surface area contributed by atoms with E-state index in [0.717, 1.165) is 27.7 Å². The van der Waals surface area contributed by atoms with Gasteiger partial charge in [-0.15, -0.1) is 0 Å². The number of carbonyl (C=O) groups is 2. The SMILES string of the molecule is COc1c(NC(=O)O)cc(C(C)(C)C)cc1NC(=O)Nc1ccc(Oc2ccnc(-c3cncn3C)c2)c2ccccc12. The Morgan fingerprint density at radius 1 is 0.907 bits per heavy atom. The van der Waals surface area contributed by atoms with Gasteiger partial charge in [-0.05, 0) is 41.3 Å². The van der Waals surface area contributed by atoms with E-state index in [1.807, 2.05) is 62.7 Å². The van der Waals surface area contributed by atoms with Crippen molar-refractivity contribution in [1.82, 2.24) is 14.5 Å². The molecule has 0 aliphatic carbocycles. The Balaban J connectivity index is 1.42. The van der Waals surface area contributed by atoms with Crippen LogP contribution in [-0.4, -0.2) is 38.9 Å². The van der Waals surface area contributed by atoms with Crippen molar-refractivity contribution in [2.24, 2.45) is 7.05 Å². The van der Waals surface area contributed by atoms with Crippen LogP contribution >= 0.6 is 0 Å². The van der Waals surface area contributed by atoms with Gasteiger partial charge in [-0.1, -0.05) is 45.0 Å². The predicted molar refractivity (Wildman–Crippen MR) is 166 cm³/mol. The van der Waals surface area contributed by atoms with Gasteiger partial charge in [0.1, 0.15) is 11.5 Å². The number of nitrogens with one attached hydrogen (secondary N) is 3. The molecule has 5 rings (SSSR count). The van der Waals surface area contributed by atoms with Gasteiger partial charge >= 0.3 is 12.1 Å². The van der Waals surface area contributed by atoms with E-state index in [9.17, 15) is 14.7 Å². The molecule has 0 atom stereocenters. The number of carbonyl (C=O) groups excluding carboxylic acids is 1. The smallest absolute Gasteiger partial charge is 0.409 e. The second kappa shape index (κ2) is 11.7. The van der Waals surface area contributed by atoms with Crippen molar-refractivity contribution < 1.29 is 24.2 Å². The molecule has 0 aliphatic heterocycles. The van der Waals surface area contributed by atoms with Crippen LogP contribution in [0.4, 0.5) is 26.7 Å². The van der Waals surface area contributed by atoms with Crippen LogP contribution in [0.2, 0.25) is 0 Å². The maximum Gasteiger partial charge on any atom is 0.409 e. The van der Waals surface area contributed by atoms with Crippen molar-refractivity contribution in [1.29, 1.82) is 0 Å². The van der Waals surface area contributed by atoms with E-state index >= 15 is 0 Å². The molecule has 3 amide bonds. The molecule has 0 fully saturated rings. The number of aromatic nitrogens is 3. The average Bonchev–Trinajstić information content (AvgIpc) is 3.39. The van der Waals surface area contributed by atoms with Crippen molar-refractivity contribution in [2.45, 2.75) is 26.2 Å². The molecule has 4 N–H and O–H groups in total. The maximum atomic E-state index is 13.3. The van der Waals surface area contributed by atoms with Crippen LogP contribution in [0.1, 0.15) is 26.3 Å². The summed E-state index contributed by atoms with van der Waals surface area (Å²) in [5.74, 6) is 1.40. The summed E-state index contributed by atoms with van der Waals surface area (Å²) in [5, 5.41) is 19.0. The number of fused-ring (bicyclic) bond motifs is 1. The molecular weight excluding hydrogens is 548 g/mol. The molecule has 11 nitrogen and oxygen atoms in total. The molecule has 5 aromatic rings. The zero-order chi connectivity index (χ0) is 30.7. The van der Waals surface area contributed by atoms with Gasteiger partial charge in [-0.2, -0.15) is 0 Å². The fourth-order valence-electron chi connectivity index (χ4n) is 4.67. The van der Waals surface area contributed by atoms with Crippen molar-refractivity contribution >= 4 is 40.0 Å². The zero-order valence-electron chi connectivity index (χ0n) is 24.4. The molecule has 0 bridgehead atoms. The number of aryl methyl sites for hydroxylation is 1. The molecule has 0 spiro atoms. The van der Waals surface area contributed by atoms with E-state index in [1.54, 1.807) is 49.1 Å². The van der Waals surface area contributed by atoms with E-state index < -0.39 is 12.1 Å².